The van der Waals surface area contributed by atoms with Crippen LogP contribution in [-0.2, 0) is 0 Å². The summed E-state index contributed by atoms with van der Waals surface area (Å²) in [5.41, 5.74) is 0.937. The second-order valence-electron chi connectivity index (χ2n) is 5.17. The molecule has 0 N–H and O–H groups in total. The van der Waals surface area contributed by atoms with Crippen molar-refractivity contribution in [3.63, 3.8) is 0 Å². The van der Waals surface area contributed by atoms with Crippen molar-refractivity contribution in [1.82, 2.24) is 19.9 Å². The minimum absolute atomic E-state index is 0.0207. The zero-order valence-corrected chi connectivity index (χ0v) is 14.2. The largest absolute Gasteiger partial charge is 0.470 e. The highest BCUT2D eigenvalue weighted by Gasteiger charge is 2.31. The van der Waals surface area contributed by atoms with Crippen LogP contribution in [0.1, 0.15) is 0 Å². The quantitative estimate of drug-likeness (QED) is 0.638. The molecule has 1 saturated heterocycles. The van der Waals surface area contributed by atoms with Gasteiger partial charge in [0.2, 0.25) is 17.1 Å². The maximum atomic E-state index is 5.82. The van der Waals surface area contributed by atoms with Crippen LogP contribution in [-0.4, -0.2) is 39.1 Å². The lowest BCUT2D eigenvalue weighted by Gasteiger charge is -2.38. The third-order valence-corrected chi connectivity index (χ3v) is 4.29. The highest BCUT2D eigenvalue weighted by atomic mass is 79.9. The summed E-state index contributed by atoms with van der Waals surface area (Å²) in [4.78, 5) is 19.0. The lowest BCUT2D eigenvalue weighted by Crippen LogP contribution is -2.54. The first-order valence-electron chi connectivity index (χ1n) is 7.00. The number of rotatable bonds is 3. The number of anilines is 1. The first kappa shape index (κ1) is 14.6. The van der Waals surface area contributed by atoms with Crippen LogP contribution in [0.3, 0.4) is 0 Å². The van der Waals surface area contributed by atoms with Crippen molar-refractivity contribution in [3.8, 4) is 5.88 Å². The zero-order valence-electron chi connectivity index (χ0n) is 11.9. The fourth-order valence-corrected chi connectivity index (χ4v) is 2.77. The van der Waals surface area contributed by atoms with Gasteiger partial charge in [-0.05, 0) is 33.6 Å². The second-order valence-corrected chi connectivity index (χ2v) is 6.36. The topological polar surface area (TPSA) is 64.0 Å². The fourth-order valence-electron chi connectivity index (χ4n) is 2.36. The van der Waals surface area contributed by atoms with Gasteiger partial charge in [-0.1, -0.05) is 18.2 Å². The molecule has 0 unspecified atom stereocenters. The Kier molecular flexibility index (Phi) is 3.74. The zero-order chi connectivity index (χ0) is 15.8. The first-order chi connectivity index (χ1) is 11.2. The number of ether oxygens (including phenoxy) is 1. The van der Waals surface area contributed by atoms with Gasteiger partial charge in [0.25, 0.3) is 0 Å². The predicted octanol–water partition coefficient (Wildman–Crippen LogP) is 3.10. The Hall–Kier alpha value is -1.99. The SMILES string of the molecule is Clc1ncc(Br)c(OC2CN(c3ncc4ccccc4n3)C2)n1. The Morgan fingerprint density at radius 1 is 1.13 bits per heavy atom. The molecule has 8 heteroatoms. The lowest BCUT2D eigenvalue weighted by molar-refractivity contribution is 0.158. The fraction of sp³-hybridized carbons (Fsp3) is 0.200. The van der Waals surface area contributed by atoms with Gasteiger partial charge in [-0.25, -0.2) is 15.0 Å². The Bertz CT molecular complexity index is 871. The Balaban J connectivity index is 1.45. The summed E-state index contributed by atoms with van der Waals surface area (Å²) < 4.78 is 6.50. The molecule has 3 aromatic rings. The van der Waals surface area contributed by atoms with E-state index >= 15 is 0 Å². The summed E-state index contributed by atoms with van der Waals surface area (Å²) in [5.74, 6) is 1.16. The third kappa shape index (κ3) is 2.94. The number of benzene rings is 1. The van der Waals surface area contributed by atoms with E-state index in [1.165, 1.54) is 0 Å². The first-order valence-corrected chi connectivity index (χ1v) is 8.17. The summed E-state index contributed by atoms with van der Waals surface area (Å²) in [6.45, 7) is 1.40. The van der Waals surface area contributed by atoms with E-state index in [4.69, 9.17) is 16.3 Å². The molecule has 1 aliphatic heterocycles. The average molecular weight is 393 g/mol. The molecule has 116 valence electrons. The predicted molar refractivity (Wildman–Crippen MR) is 90.9 cm³/mol. The summed E-state index contributed by atoms with van der Waals surface area (Å²) in [5, 5.41) is 1.20. The molecule has 3 heterocycles. The molecule has 1 fully saturated rings. The highest BCUT2D eigenvalue weighted by molar-refractivity contribution is 9.10. The number of halogens is 2. The molecule has 0 radical (unpaired) electrons. The van der Waals surface area contributed by atoms with Crippen LogP contribution < -0.4 is 9.64 Å². The third-order valence-electron chi connectivity index (χ3n) is 3.57. The van der Waals surface area contributed by atoms with E-state index < -0.39 is 0 Å². The van der Waals surface area contributed by atoms with Crippen molar-refractivity contribution in [3.05, 3.63) is 46.4 Å². The molecule has 4 rings (SSSR count). The number of aromatic nitrogens is 4. The molecule has 2 aromatic heterocycles. The minimum atomic E-state index is 0.0207. The normalized spacial score (nSPS) is 14.8. The van der Waals surface area contributed by atoms with Crippen LogP contribution >= 0.6 is 27.5 Å². The van der Waals surface area contributed by atoms with Gasteiger partial charge in [0, 0.05) is 17.8 Å². The van der Waals surface area contributed by atoms with E-state index in [1.54, 1.807) is 6.20 Å². The molecule has 6 nitrogen and oxygen atoms in total. The average Bonchev–Trinajstić information content (AvgIpc) is 2.53. The molecule has 0 atom stereocenters. The summed E-state index contributed by atoms with van der Waals surface area (Å²) in [6.07, 6.45) is 3.44. The van der Waals surface area contributed by atoms with E-state index in [9.17, 15) is 0 Å². The van der Waals surface area contributed by atoms with Crippen molar-refractivity contribution in [1.29, 1.82) is 0 Å². The smallest absolute Gasteiger partial charge is 0.232 e. The van der Waals surface area contributed by atoms with Crippen LogP contribution in [0.15, 0.2) is 41.1 Å². The van der Waals surface area contributed by atoms with Crippen LogP contribution in [0.2, 0.25) is 5.28 Å². The maximum absolute atomic E-state index is 5.82. The Morgan fingerprint density at radius 2 is 1.96 bits per heavy atom. The standard InChI is InChI=1S/C15H11BrClN5O/c16-11-6-18-14(17)21-13(11)23-10-7-22(8-10)15-19-5-9-3-1-2-4-12(9)20-15/h1-6,10H,7-8H2. The van der Waals surface area contributed by atoms with Crippen molar-refractivity contribution in [2.45, 2.75) is 6.10 Å². The Morgan fingerprint density at radius 3 is 2.83 bits per heavy atom. The maximum Gasteiger partial charge on any atom is 0.232 e. The van der Waals surface area contributed by atoms with Gasteiger partial charge in [-0.3, -0.25) is 0 Å². The van der Waals surface area contributed by atoms with E-state index in [0.717, 1.165) is 10.9 Å². The monoisotopic (exact) mass is 391 g/mol. The van der Waals surface area contributed by atoms with Gasteiger partial charge in [-0.2, -0.15) is 4.98 Å². The molecule has 23 heavy (non-hydrogen) atoms. The Labute approximate surface area is 145 Å². The van der Waals surface area contributed by atoms with Gasteiger partial charge in [-0.15, -0.1) is 0 Å². The summed E-state index contributed by atoms with van der Waals surface area (Å²) in [6, 6.07) is 7.92. The molecule has 1 aliphatic rings. The van der Waals surface area contributed by atoms with E-state index in [0.29, 0.717) is 29.4 Å². The molecular formula is C15H11BrClN5O. The number of hydrogen-bond donors (Lipinski definition) is 0. The molecular weight excluding hydrogens is 382 g/mol. The van der Waals surface area contributed by atoms with Gasteiger partial charge < -0.3 is 9.64 Å². The summed E-state index contributed by atoms with van der Waals surface area (Å²) >= 11 is 9.14. The van der Waals surface area contributed by atoms with Crippen molar-refractivity contribution >= 4 is 44.4 Å². The van der Waals surface area contributed by atoms with Crippen molar-refractivity contribution < 1.29 is 4.74 Å². The molecule has 0 bridgehead atoms. The molecule has 0 spiro atoms. The number of fused-ring (bicyclic) bond motifs is 1. The second kappa shape index (κ2) is 5.90. The van der Waals surface area contributed by atoms with E-state index in [-0.39, 0.29) is 11.4 Å². The molecule has 0 amide bonds. The lowest BCUT2D eigenvalue weighted by atomic mass is 10.2. The van der Waals surface area contributed by atoms with Gasteiger partial charge >= 0.3 is 0 Å². The van der Waals surface area contributed by atoms with Crippen LogP contribution in [0.25, 0.3) is 10.9 Å². The summed E-state index contributed by atoms with van der Waals surface area (Å²) in [7, 11) is 0. The number of para-hydroxylation sites is 1. The van der Waals surface area contributed by atoms with Gasteiger partial charge in [0.1, 0.15) is 6.10 Å². The van der Waals surface area contributed by atoms with E-state index in [2.05, 4.69) is 40.8 Å². The molecule has 0 aliphatic carbocycles. The van der Waals surface area contributed by atoms with Crippen LogP contribution in [0, 0.1) is 0 Å². The highest BCUT2D eigenvalue weighted by Crippen LogP contribution is 2.27. The minimum Gasteiger partial charge on any atom is -0.470 e. The van der Waals surface area contributed by atoms with E-state index in [1.807, 2.05) is 30.5 Å². The van der Waals surface area contributed by atoms with Crippen molar-refractivity contribution in [2.24, 2.45) is 0 Å². The number of nitrogens with zero attached hydrogens (tertiary/aromatic N) is 5. The van der Waals surface area contributed by atoms with Crippen LogP contribution in [0.4, 0.5) is 5.95 Å². The van der Waals surface area contributed by atoms with Crippen molar-refractivity contribution in [2.75, 3.05) is 18.0 Å². The molecule has 1 aromatic carbocycles. The number of hydrogen-bond acceptors (Lipinski definition) is 6. The van der Waals surface area contributed by atoms with Crippen LogP contribution in [0.5, 0.6) is 5.88 Å². The van der Waals surface area contributed by atoms with Gasteiger partial charge in [0.15, 0.2) is 0 Å². The van der Waals surface area contributed by atoms with Gasteiger partial charge in [0.05, 0.1) is 23.1 Å². The molecule has 0 saturated carbocycles.